The van der Waals surface area contributed by atoms with Crippen molar-refractivity contribution >= 4 is 17.4 Å². The lowest BCUT2D eigenvalue weighted by Gasteiger charge is -2.13. The Kier molecular flexibility index (Phi) is 4.12. The van der Waals surface area contributed by atoms with Crippen LogP contribution in [0, 0.1) is 5.82 Å². The number of nitrogens with zero attached hydrogens (tertiary/aromatic N) is 3. The number of benzene rings is 1. The van der Waals surface area contributed by atoms with Gasteiger partial charge in [-0.15, -0.1) is 16.4 Å². The number of anilines is 1. The molecule has 0 saturated carbocycles. The van der Waals surface area contributed by atoms with Crippen LogP contribution in [0.2, 0.25) is 0 Å². The fraction of sp³-hybridized carbons (Fsp3) is 0.312. The van der Waals surface area contributed by atoms with Gasteiger partial charge in [0.15, 0.2) is 0 Å². The second kappa shape index (κ2) is 6.08. The minimum atomic E-state index is -0.301. The normalized spacial score (nSPS) is 11.7. The lowest BCUT2D eigenvalue weighted by Crippen LogP contribution is -2.11. The van der Waals surface area contributed by atoms with E-state index < -0.39 is 0 Å². The molecule has 0 aliphatic rings. The van der Waals surface area contributed by atoms with E-state index >= 15 is 0 Å². The van der Waals surface area contributed by atoms with Crippen LogP contribution < -0.4 is 5.32 Å². The van der Waals surface area contributed by atoms with Gasteiger partial charge in [0.25, 0.3) is 0 Å². The van der Waals surface area contributed by atoms with Gasteiger partial charge in [-0.3, -0.25) is 0 Å². The molecule has 0 aliphatic heterocycles. The summed E-state index contributed by atoms with van der Waals surface area (Å²) in [4.78, 5) is 4.60. The van der Waals surface area contributed by atoms with Crippen LogP contribution in [-0.4, -0.2) is 15.2 Å². The molecule has 120 valence electrons. The molecule has 0 unspecified atom stereocenters. The van der Waals surface area contributed by atoms with Gasteiger partial charge in [-0.1, -0.05) is 25.9 Å². The molecule has 23 heavy (non-hydrogen) atoms. The summed E-state index contributed by atoms with van der Waals surface area (Å²) < 4.78 is 18.4. The number of halogens is 1. The van der Waals surface area contributed by atoms with Crippen molar-refractivity contribution in [2.75, 3.05) is 5.32 Å². The SMILES string of the molecule is CC(C)(C)c1nc(CNc2nnc(-c3ccc(F)cc3)o2)cs1. The number of aromatic nitrogens is 3. The smallest absolute Gasteiger partial charge is 0.316 e. The first-order chi connectivity index (χ1) is 10.9. The molecule has 0 radical (unpaired) electrons. The zero-order valence-electron chi connectivity index (χ0n) is 13.1. The van der Waals surface area contributed by atoms with Crippen LogP contribution in [0.3, 0.4) is 0 Å². The van der Waals surface area contributed by atoms with Crippen LogP contribution in [0.4, 0.5) is 10.4 Å². The third-order valence-corrected chi connectivity index (χ3v) is 4.45. The molecule has 0 amide bonds. The van der Waals surface area contributed by atoms with Gasteiger partial charge < -0.3 is 9.73 Å². The summed E-state index contributed by atoms with van der Waals surface area (Å²) in [5.74, 6) is 0.0472. The van der Waals surface area contributed by atoms with Crippen molar-refractivity contribution in [2.24, 2.45) is 0 Å². The molecule has 3 rings (SSSR count). The first kappa shape index (κ1) is 15.6. The molecule has 0 bridgehead atoms. The molecule has 5 nitrogen and oxygen atoms in total. The Hall–Kier alpha value is -2.28. The van der Waals surface area contributed by atoms with Crippen LogP contribution in [0.25, 0.3) is 11.5 Å². The number of nitrogens with one attached hydrogen (secondary N) is 1. The van der Waals surface area contributed by atoms with Crippen molar-refractivity contribution in [1.82, 2.24) is 15.2 Å². The standard InChI is InChI=1S/C16H17FN4OS/c1-16(2,3)14-19-12(9-23-14)8-18-15-21-20-13(22-15)10-4-6-11(17)7-5-10/h4-7,9H,8H2,1-3H3,(H,18,21). The van der Waals surface area contributed by atoms with Crippen molar-refractivity contribution in [2.45, 2.75) is 32.7 Å². The van der Waals surface area contributed by atoms with Gasteiger partial charge in [0.2, 0.25) is 5.89 Å². The molecule has 3 aromatic rings. The van der Waals surface area contributed by atoms with Crippen molar-refractivity contribution in [1.29, 1.82) is 0 Å². The quantitative estimate of drug-likeness (QED) is 0.774. The fourth-order valence-electron chi connectivity index (χ4n) is 1.90. The first-order valence-electron chi connectivity index (χ1n) is 7.20. The molecule has 0 atom stereocenters. The highest BCUT2D eigenvalue weighted by Crippen LogP contribution is 2.26. The van der Waals surface area contributed by atoms with Gasteiger partial charge in [0, 0.05) is 16.4 Å². The molecule has 1 aromatic carbocycles. The van der Waals surface area contributed by atoms with Crippen LogP contribution in [0.1, 0.15) is 31.5 Å². The molecular formula is C16H17FN4OS. The van der Waals surface area contributed by atoms with Gasteiger partial charge in [-0.25, -0.2) is 9.37 Å². The van der Waals surface area contributed by atoms with E-state index in [-0.39, 0.29) is 11.2 Å². The number of thiazole rings is 1. The highest BCUT2D eigenvalue weighted by molar-refractivity contribution is 7.09. The largest absolute Gasteiger partial charge is 0.403 e. The molecule has 0 saturated heterocycles. The second-order valence-electron chi connectivity index (χ2n) is 6.17. The zero-order chi connectivity index (χ0) is 16.4. The van der Waals surface area contributed by atoms with E-state index in [0.29, 0.717) is 24.0 Å². The highest BCUT2D eigenvalue weighted by atomic mass is 32.1. The Labute approximate surface area is 137 Å². The Balaban J connectivity index is 1.65. The predicted octanol–water partition coefficient (Wildman–Crippen LogP) is 4.24. The van der Waals surface area contributed by atoms with Crippen molar-refractivity contribution in [3.8, 4) is 11.5 Å². The fourth-order valence-corrected chi connectivity index (χ4v) is 2.81. The Bertz CT molecular complexity index is 789. The summed E-state index contributed by atoms with van der Waals surface area (Å²) in [5.41, 5.74) is 1.65. The highest BCUT2D eigenvalue weighted by Gasteiger charge is 2.18. The topological polar surface area (TPSA) is 63.8 Å². The number of rotatable bonds is 4. The third kappa shape index (κ3) is 3.73. The van der Waals surface area contributed by atoms with Crippen LogP contribution in [0.5, 0.6) is 0 Å². The average Bonchev–Trinajstić information content (AvgIpc) is 3.15. The van der Waals surface area contributed by atoms with Crippen molar-refractivity contribution < 1.29 is 8.81 Å². The number of hydrogen-bond donors (Lipinski definition) is 1. The monoisotopic (exact) mass is 332 g/mol. The molecule has 0 aliphatic carbocycles. The molecular weight excluding hydrogens is 315 g/mol. The van der Waals surface area contributed by atoms with E-state index in [1.54, 1.807) is 23.5 Å². The van der Waals surface area contributed by atoms with E-state index in [9.17, 15) is 4.39 Å². The van der Waals surface area contributed by atoms with E-state index in [4.69, 9.17) is 4.42 Å². The maximum absolute atomic E-state index is 12.9. The van der Waals surface area contributed by atoms with Crippen LogP contribution in [0.15, 0.2) is 34.1 Å². The van der Waals surface area contributed by atoms with Gasteiger partial charge in [0.05, 0.1) is 17.2 Å². The molecule has 7 heteroatoms. The third-order valence-electron chi connectivity index (χ3n) is 3.13. The van der Waals surface area contributed by atoms with Gasteiger partial charge in [0.1, 0.15) is 5.82 Å². The van der Waals surface area contributed by atoms with Crippen molar-refractivity contribution in [3.05, 3.63) is 46.2 Å². The minimum Gasteiger partial charge on any atom is -0.403 e. The molecule has 0 spiro atoms. The Morgan fingerprint density at radius 3 is 2.57 bits per heavy atom. The summed E-state index contributed by atoms with van der Waals surface area (Å²) in [6, 6.07) is 6.23. The molecule has 1 N–H and O–H groups in total. The van der Waals surface area contributed by atoms with E-state index in [1.165, 1.54) is 12.1 Å². The molecule has 0 fully saturated rings. The van der Waals surface area contributed by atoms with E-state index in [0.717, 1.165) is 10.7 Å². The molecule has 2 heterocycles. The predicted molar refractivity (Wildman–Crippen MR) is 87.8 cm³/mol. The Morgan fingerprint density at radius 1 is 1.17 bits per heavy atom. The first-order valence-corrected chi connectivity index (χ1v) is 8.08. The molecule has 2 aromatic heterocycles. The van der Waals surface area contributed by atoms with Crippen LogP contribution >= 0.6 is 11.3 Å². The Morgan fingerprint density at radius 2 is 1.91 bits per heavy atom. The second-order valence-corrected chi connectivity index (χ2v) is 7.02. The average molecular weight is 332 g/mol. The lowest BCUT2D eigenvalue weighted by molar-refractivity contribution is 0.576. The van der Waals surface area contributed by atoms with E-state index in [2.05, 4.69) is 41.3 Å². The minimum absolute atomic E-state index is 0.0448. The lowest BCUT2D eigenvalue weighted by atomic mass is 9.98. The number of hydrogen-bond acceptors (Lipinski definition) is 6. The summed E-state index contributed by atoms with van der Waals surface area (Å²) in [6.45, 7) is 6.92. The van der Waals surface area contributed by atoms with Gasteiger partial charge >= 0.3 is 6.01 Å². The van der Waals surface area contributed by atoms with E-state index in [1.807, 2.05) is 5.38 Å². The summed E-state index contributed by atoms with van der Waals surface area (Å²) in [5, 5.41) is 14.1. The maximum atomic E-state index is 12.9. The maximum Gasteiger partial charge on any atom is 0.316 e. The van der Waals surface area contributed by atoms with Crippen LogP contribution in [-0.2, 0) is 12.0 Å². The summed E-state index contributed by atoms with van der Waals surface area (Å²) in [7, 11) is 0. The van der Waals surface area contributed by atoms with Crippen molar-refractivity contribution in [3.63, 3.8) is 0 Å². The summed E-state index contributed by atoms with van der Waals surface area (Å²) >= 11 is 1.64. The van der Waals surface area contributed by atoms with Gasteiger partial charge in [-0.05, 0) is 24.3 Å². The zero-order valence-corrected chi connectivity index (χ0v) is 13.9. The van der Waals surface area contributed by atoms with Gasteiger partial charge in [-0.2, -0.15) is 0 Å². The summed E-state index contributed by atoms with van der Waals surface area (Å²) in [6.07, 6.45) is 0.